The largest absolute Gasteiger partial charge is 0.465 e. The van der Waals surface area contributed by atoms with Crippen LogP contribution in [0.25, 0.3) is 0 Å². The molecule has 1 aliphatic rings. The van der Waals surface area contributed by atoms with Crippen molar-refractivity contribution in [3.8, 4) is 0 Å². The number of nitrogens with one attached hydrogen (secondary N) is 1. The molecule has 0 amide bonds. The minimum atomic E-state index is -0.191. The number of hydrogen-bond acceptors (Lipinski definition) is 3. The van der Waals surface area contributed by atoms with Crippen molar-refractivity contribution in [2.75, 3.05) is 0 Å². The van der Waals surface area contributed by atoms with E-state index >= 15 is 0 Å². The molecule has 3 atom stereocenters. The van der Waals surface area contributed by atoms with Crippen molar-refractivity contribution in [3.63, 3.8) is 0 Å². The predicted octanol–water partition coefficient (Wildman–Crippen LogP) is 2.15. The van der Waals surface area contributed by atoms with Gasteiger partial charge in [0, 0.05) is 6.04 Å². The molecule has 2 rings (SSSR count). The summed E-state index contributed by atoms with van der Waals surface area (Å²) in [6, 6.07) is 4.37. The first kappa shape index (κ1) is 10.7. The SMILES string of the molecule is Cc1ccc(C(C)NC2CCCC2O)o1. The number of aryl methyl sites for hydroxylation is 1. The first-order chi connectivity index (χ1) is 7.16. The quantitative estimate of drug-likeness (QED) is 0.801. The maximum atomic E-state index is 9.70. The van der Waals surface area contributed by atoms with Crippen LogP contribution in [0.1, 0.15) is 43.7 Å². The van der Waals surface area contributed by atoms with Crippen LogP contribution in [0.4, 0.5) is 0 Å². The summed E-state index contributed by atoms with van der Waals surface area (Å²) in [5.41, 5.74) is 0. The molecule has 0 aromatic carbocycles. The molecule has 3 unspecified atom stereocenters. The van der Waals surface area contributed by atoms with Crippen LogP contribution in [0.3, 0.4) is 0 Å². The Bertz CT molecular complexity index is 321. The van der Waals surface area contributed by atoms with Crippen molar-refractivity contribution in [1.29, 1.82) is 0 Å². The highest BCUT2D eigenvalue weighted by Gasteiger charge is 2.26. The zero-order chi connectivity index (χ0) is 10.8. The summed E-state index contributed by atoms with van der Waals surface area (Å²) < 4.78 is 5.55. The number of aliphatic hydroxyl groups excluding tert-OH is 1. The lowest BCUT2D eigenvalue weighted by Crippen LogP contribution is -2.37. The summed E-state index contributed by atoms with van der Waals surface area (Å²) in [5, 5.41) is 13.1. The molecule has 1 saturated carbocycles. The molecule has 0 aliphatic heterocycles. The highest BCUT2D eigenvalue weighted by atomic mass is 16.3. The minimum Gasteiger partial charge on any atom is -0.465 e. The van der Waals surface area contributed by atoms with Crippen molar-refractivity contribution in [3.05, 3.63) is 23.7 Å². The van der Waals surface area contributed by atoms with Crippen molar-refractivity contribution < 1.29 is 9.52 Å². The Morgan fingerprint density at radius 1 is 1.47 bits per heavy atom. The normalized spacial score (nSPS) is 28.2. The van der Waals surface area contributed by atoms with Crippen molar-refractivity contribution in [2.24, 2.45) is 0 Å². The highest BCUT2D eigenvalue weighted by Crippen LogP contribution is 2.23. The van der Waals surface area contributed by atoms with E-state index in [0.717, 1.165) is 30.8 Å². The number of furan rings is 1. The van der Waals surface area contributed by atoms with E-state index in [-0.39, 0.29) is 18.2 Å². The molecule has 0 radical (unpaired) electrons. The molecule has 1 heterocycles. The Hall–Kier alpha value is -0.800. The molecular weight excluding hydrogens is 190 g/mol. The molecule has 84 valence electrons. The fourth-order valence-corrected chi connectivity index (χ4v) is 2.22. The van der Waals surface area contributed by atoms with Gasteiger partial charge < -0.3 is 14.8 Å². The molecule has 1 fully saturated rings. The Kier molecular flexibility index (Phi) is 3.12. The van der Waals surface area contributed by atoms with Gasteiger partial charge in [-0.2, -0.15) is 0 Å². The lowest BCUT2D eigenvalue weighted by atomic mass is 10.1. The van der Waals surface area contributed by atoms with Crippen LogP contribution in [0.2, 0.25) is 0 Å². The van der Waals surface area contributed by atoms with E-state index in [2.05, 4.69) is 12.2 Å². The van der Waals surface area contributed by atoms with Gasteiger partial charge in [-0.1, -0.05) is 0 Å². The van der Waals surface area contributed by atoms with Gasteiger partial charge in [0.2, 0.25) is 0 Å². The van der Waals surface area contributed by atoms with Gasteiger partial charge in [0.05, 0.1) is 12.1 Å². The molecule has 3 heteroatoms. The maximum Gasteiger partial charge on any atom is 0.120 e. The van der Waals surface area contributed by atoms with E-state index in [4.69, 9.17) is 4.42 Å². The van der Waals surface area contributed by atoms with E-state index in [1.165, 1.54) is 0 Å². The highest BCUT2D eigenvalue weighted by molar-refractivity contribution is 5.09. The summed E-state index contributed by atoms with van der Waals surface area (Å²) in [6.07, 6.45) is 2.90. The van der Waals surface area contributed by atoms with Gasteiger partial charge in [-0.15, -0.1) is 0 Å². The second-order valence-corrected chi connectivity index (χ2v) is 4.44. The molecule has 1 aromatic rings. The molecule has 0 spiro atoms. The molecule has 0 bridgehead atoms. The zero-order valence-corrected chi connectivity index (χ0v) is 9.36. The standard InChI is InChI=1S/C12H19NO2/c1-8-6-7-12(15-8)9(2)13-10-4-3-5-11(10)14/h6-7,9-11,13-14H,3-5H2,1-2H3. The third-order valence-corrected chi connectivity index (χ3v) is 3.13. The minimum absolute atomic E-state index is 0.177. The van der Waals surface area contributed by atoms with E-state index in [9.17, 15) is 5.11 Å². The Balaban J connectivity index is 1.94. The fraction of sp³-hybridized carbons (Fsp3) is 0.667. The third-order valence-electron chi connectivity index (χ3n) is 3.13. The van der Waals surface area contributed by atoms with Crippen LogP contribution in [-0.4, -0.2) is 17.3 Å². The topological polar surface area (TPSA) is 45.4 Å². The van der Waals surface area contributed by atoms with Crippen LogP contribution in [0.5, 0.6) is 0 Å². The van der Waals surface area contributed by atoms with Gasteiger partial charge in [-0.3, -0.25) is 0 Å². The first-order valence-electron chi connectivity index (χ1n) is 5.67. The smallest absolute Gasteiger partial charge is 0.120 e. The molecule has 0 saturated heterocycles. The summed E-state index contributed by atoms with van der Waals surface area (Å²) in [5.74, 6) is 1.89. The van der Waals surface area contributed by atoms with Crippen LogP contribution in [0, 0.1) is 6.92 Å². The average molecular weight is 209 g/mol. The van der Waals surface area contributed by atoms with Gasteiger partial charge in [0.1, 0.15) is 11.5 Å². The third kappa shape index (κ3) is 2.41. The summed E-state index contributed by atoms with van der Waals surface area (Å²) in [6.45, 7) is 4.02. The Morgan fingerprint density at radius 2 is 2.27 bits per heavy atom. The van der Waals surface area contributed by atoms with Crippen LogP contribution < -0.4 is 5.32 Å². The van der Waals surface area contributed by atoms with Crippen LogP contribution in [-0.2, 0) is 0 Å². The van der Waals surface area contributed by atoms with Gasteiger partial charge >= 0.3 is 0 Å². The first-order valence-corrected chi connectivity index (χ1v) is 5.67. The lowest BCUT2D eigenvalue weighted by molar-refractivity contribution is 0.142. The average Bonchev–Trinajstić information content (AvgIpc) is 2.77. The number of hydrogen-bond donors (Lipinski definition) is 2. The fourth-order valence-electron chi connectivity index (χ4n) is 2.22. The lowest BCUT2D eigenvalue weighted by Gasteiger charge is -2.20. The van der Waals surface area contributed by atoms with E-state index in [1.54, 1.807) is 0 Å². The van der Waals surface area contributed by atoms with Gasteiger partial charge in [-0.25, -0.2) is 0 Å². The van der Waals surface area contributed by atoms with Crippen LogP contribution in [0.15, 0.2) is 16.5 Å². The van der Waals surface area contributed by atoms with Crippen molar-refractivity contribution in [1.82, 2.24) is 5.32 Å². The predicted molar refractivity (Wildman–Crippen MR) is 58.6 cm³/mol. The summed E-state index contributed by atoms with van der Waals surface area (Å²) in [4.78, 5) is 0. The van der Waals surface area contributed by atoms with Crippen molar-refractivity contribution in [2.45, 2.75) is 51.3 Å². The van der Waals surface area contributed by atoms with Crippen LogP contribution >= 0.6 is 0 Å². The van der Waals surface area contributed by atoms with E-state index in [1.807, 2.05) is 19.1 Å². The summed E-state index contributed by atoms with van der Waals surface area (Å²) in [7, 11) is 0. The van der Waals surface area contributed by atoms with Gasteiger partial charge in [-0.05, 0) is 45.2 Å². The number of aliphatic hydroxyl groups is 1. The molecule has 1 aromatic heterocycles. The Labute approximate surface area is 90.5 Å². The maximum absolute atomic E-state index is 9.70. The van der Waals surface area contributed by atoms with Gasteiger partial charge in [0.25, 0.3) is 0 Å². The molecule has 15 heavy (non-hydrogen) atoms. The van der Waals surface area contributed by atoms with E-state index < -0.39 is 0 Å². The van der Waals surface area contributed by atoms with E-state index in [0.29, 0.717) is 0 Å². The van der Waals surface area contributed by atoms with Gasteiger partial charge in [0.15, 0.2) is 0 Å². The van der Waals surface area contributed by atoms with Crippen molar-refractivity contribution >= 4 is 0 Å². The molecule has 1 aliphatic carbocycles. The second-order valence-electron chi connectivity index (χ2n) is 4.44. The molecule has 3 nitrogen and oxygen atoms in total. The molecule has 2 N–H and O–H groups in total. The zero-order valence-electron chi connectivity index (χ0n) is 9.36. The second kappa shape index (κ2) is 4.37. The summed E-state index contributed by atoms with van der Waals surface area (Å²) >= 11 is 0. The Morgan fingerprint density at radius 3 is 2.80 bits per heavy atom. The monoisotopic (exact) mass is 209 g/mol. The number of rotatable bonds is 3. The molecular formula is C12H19NO2.